The summed E-state index contributed by atoms with van der Waals surface area (Å²) in [4.78, 5) is 9.91. The van der Waals surface area contributed by atoms with Crippen LogP contribution in [0.2, 0.25) is 0 Å². The molecule has 0 unspecified atom stereocenters. The SMILES string of the molecule is O=[N+]([O-])c1ccccc1S(=O)(=O)NCCSCc1ccccc1. The van der Waals surface area contributed by atoms with Gasteiger partial charge in [-0.25, -0.2) is 13.1 Å². The minimum atomic E-state index is -3.89. The first-order chi connectivity index (χ1) is 11.0. The summed E-state index contributed by atoms with van der Waals surface area (Å²) < 4.78 is 26.7. The molecule has 122 valence electrons. The zero-order chi connectivity index (χ0) is 16.7. The lowest BCUT2D eigenvalue weighted by atomic mass is 10.2. The Bertz CT molecular complexity index is 764. The van der Waals surface area contributed by atoms with Gasteiger partial charge in [0, 0.05) is 24.1 Å². The molecule has 0 amide bonds. The summed E-state index contributed by atoms with van der Waals surface area (Å²) in [5.41, 5.74) is 0.746. The molecule has 2 rings (SSSR count). The van der Waals surface area contributed by atoms with Crippen LogP contribution >= 0.6 is 11.8 Å². The maximum Gasteiger partial charge on any atom is 0.289 e. The first-order valence-electron chi connectivity index (χ1n) is 6.85. The van der Waals surface area contributed by atoms with Crippen molar-refractivity contribution in [3.8, 4) is 0 Å². The first-order valence-corrected chi connectivity index (χ1v) is 9.49. The fraction of sp³-hybridized carbons (Fsp3) is 0.200. The van der Waals surface area contributed by atoms with Gasteiger partial charge in [0.25, 0.3) is 5.69 Å². The third-order valence-electron chi connectivity index (χ3n) is 3.00. The number of hydrogen-bond acceptors (Lipinski definition) is 5. The second-order valence-corrected chi connectivity index (χ2v) is 7.50. The van der Waals surface area contributed by atoms with Crippen molar-refractivity contribution in [2.45, 2.75) is 10.6 Å². The molecule has 0 aliphatic carbocycles. The Morgan fingerprint density at radius 1 is 1.04 bits per heavy atom. The predicted molar refractivity (Wildman–Crippen MR) is 90.9 cm³/mol. The van der Waals surface area contributed by atoms with E-state index < -0.39 is 20.6 Å². The van der Waals surface area contributed by atoms with Crippen LogP contribution in [-0.2, 0) is 15.8 Å². The van der Waals surface area contributed by atoms with E-state index in [9.17, 15) is 18.5 Å². The van der Waals surface area contributed by atoms with Crippen molar-refractivity contribution < 1.29 is 13.3 Å². The third-order valence-corrected chi connectivity index (χ3v) is 5.54. The van der Waals surface area contributed by atoms with E-state index in [1.807, 2.05) is 30.3 Å². The largest absolute Gasteiger partial charge is 0.289 e. The maximum absolute atomic E-state index is 12.2. The van der Waals surface area contributed by atoms with Crippen molar-refractivity contribution in [3.63, 3.8) is 0 Å². The minimum Gasteiger partial charge on any atom is -0.258 e. The zero-order valence-electron chi connectivity index (χ0n) is 12.2. The minimum absolute atomic E-state index is 0.214. The monoisotopic (exact) mass is 352 g/mol. The van der Waals surface area contributed by atoms with E-state index in [1.165, 1.54) is 29.8 Å². The van der Waals surface area contributed by atoms with Gasteiger partial charge in [0.05, 0.1) is 4.92 Å². The molecule has 0 saturated carbocycles. The zero-order valence-corrected chi connectivity index (χ0v) is 13.8. The molecule has 0 saturated heterocycles. The average molecular weight is 352 g/mol. The molecule has 0 aliphatic rings. The third kappa shape index (κ3) is 5.05. The molecule has 0 aliphatic heterocycles. The molecule has 1 N–H and O–H groups in total. The lowest BCUT2D eigenvalue weighted by Crippen LogP contribution is -2.26. The van der Waals surface area contributed by atoms with E-state index in [0.29, 0.717) is 5.75 Å². The van der Waals surface area contributed by atoms with Gasteiger partial charge in [0.1, 0.15) is 0 Å². The van der Waals surface area contributed by atoms with Crippen LogP contribution in [0.1, 0.15) is 5.56 Å². The van der Waals surface area contributed by atoms with Crippen molar-refractivity contribution in [3.05, 3.63) is 70.3 Å². The van der Waals surface area contributed by atoms with Gasteiger partial charge in [0.2, 0.25) is 10.0 Å². The fourth-order valence-corrected chi connectivity index (χ4v) is 4.08. The Hall–Kier alpha value is -1.90. The van der Waals surface area contributed by atoms with E-state index in [2.05, 4.69) is 4.72 Å². The van der Waals surface area contributed by atoms with Crippen molar-refractivity contribution >= 4 is 27.5 Å². The van der Waals surface area contributed by atoms with E-state index in [0.717, 1.165) is 5.75 Å². The lowest BCUT2D eigenvalue weighted by Gasteiger charge is -2.07. The van der Waals surface area contributed by atoms with Crippen LogP contribution in [0.25, 0.3) is 0 Å². The molecule has 6 nitrogen and oxygen atoms in total. The van der Waals surface area contributed by atoms with Crippen molar-refractivity contribution in [1.82, 2.24) is 4.72 Å². The molecule has 0 spiro atoms. The predicted octanol–water partition coefficient (Wildman–Crippen LogP) is 2.81. The van der Waals surface area contributed by atoms with Crippen LogP contribution in [0.3, 0.4) is 0 Å². The second-order valence-electron chi connectivity index (χ2n) is 4.66. The number of hydrogen-bond donors (Lipinski definition) is 1. The molecule has 0 atom stereocenters. The van der Waals surface area contributed by atoms with Crippen LogP contribution < -0.4 is 4.72 Å². The number of nitro benzene ring substituents is 1. The van der Waals surface area contributed by atoms with Crippen molar-refractivity contribution in [2.24, 2.45) is 0 Å². The Labute approximate surface area is 139 Å². The second kappa shape index (κ2) is 8.09. The summed E-state index contributed by atoms with van der Waals surface area (Å²) in [6.07, 6.45) is 0. The van der Waals surface area contributed by atoms with Crippen LogP contribution in [0.4, 0.5) is 5.69 Å². The summed E-state index contributed by atoms with van der Waals surface area (Å²) in [7, 11) is -3.89. The Balaban J connectivity index is 1.89. The van der Waals surface area contributed by atoms with Crippen molar-refractivity contribution in [1.29, 1.82) is 0 Å². The molecule has 23 heavy (non-hydrogen) atoms. The number of rotatable bonds is 8. The number of benzene rings is 2. The van der Waals surface area contributed by atoms with Crippen LogP contribution in [-0.4, -0.2) is 25.6 Å². The van der Waals surface area contributed by atoms with Gasteiger partial charge in [-0.1, -0.05) is 42.5 Å². The quantitative estimate of drug-likeness (QED) is 0.448. The number of sulfonamides is 1. The lowest BCUT2D eigenvalue weighted by molar-refractivity contribution is -0.387. The Morgan fingerprint density at radius 2 is 1.70 bits per heavy atom. The van der Waals surface area contributed by atoms with Crippen LogP contribution in [0, 0.1) is 10.1 Å². The molecule has 2 aromatic rings. The molecule has 0 radical (unpaired) electrons. The van der Waals surface area contributed by atoms with E-state index >= 15 is 0 Å². The number of thioether (sulfide) groups is 1. The van der Waals surface area contributed by atoms with Gasteiger partial charge in [0.15, 0.2) is 4.90 Å². The Morgan fingerprint density at radius 3 is 2.39 bits per heavy atom. The standard InChI is InChI=1S/C15H16N2O4S2/c18-17(19)14-8-4-5-9-15(14)23(20,21)16-10-11-22-12-13-6-2-1-3-7-13/h1-9,16H,10-12H2. The molecule has 8 heteroatoms. The molecular formula is C15H16N2O4S2. The Kier molecular flexibility index (Phi) is 6.14. The normalized spacial score (nSPS) is 11.3. The van der Waals surface area contributed by atoms with Gasteiger partial charge in [-0.2, -0.15) is 11.8 Å². The molecular weight excluding hydrogens is 336 g/mol. The molecule has 0 bridgehead atoms. The van der Waals surface area contributed by atoms with Gasteiger partial charge < -0.3 is 0 Å². The highest BCUT2D eigenvalue weighted by Gasteiger charge is 2.24. The summed E-state index contributed by atoms with van der Waals surface area (Å²) in [6.45, 7) is 0.214. The van der Waals surface area contributed by atoms with Gasteiger partial charge in [-0.3, -0.25) is 10.1 Å². The average Bonchev–Trinajstić information content (AvgIpc) is 2.55. The van der Waals surface area contributed by atoms with E-state index in [4.69, 9.17) is 0 Å². The van der Waals surface area contributed by atoms with Crippen molar-refractivity contribution in [2.75, 3.05) is 12.3 Å². The van der Waals surface area contributed by atoms with Crippen LogP contribution in [0.5, 0.6) is 0 Å². The molecule has 0 heterocycles. The highest BCUT2D eigenvalue weighted by atomic mass is 32.2. The molecule has 2 aromatic carbocycles. The maximum atomic E-state index is 12.2. The number of nitrogens with one attached hydrogen (secondary N) is 1. The van der Waals surface area contributed by atoms with E-state index in [1.54, 1.807) is 11.8 Å². The fourth-order valence-electron chi connectivity index (χ4n) is 1.93. The molecule has 0 aromatic heterocycles. The smallest absolute Gasteiger partial charge is 0.258 e. The number of nitrogens with zero attached hydrogens (tertiary/aromatic N) is 1. The summed E-state index contributed by atoms with van der Waals surface area (Å²) in [5.74, 6) is 1.36. The topological polar surface area (TPSA) is 89.3 Å². The van der Waals surface area contributed by atoms with E-state index in [-0.39, 0.29) is 11.4 Å². The number of nitro groups is 1. The number of para-hydroxylation sites is 1. The summed E-state index contributed by atoms with van der Waals surface area (Å²) in [5, 5.41) is 10.9. The van der Waals surface area contributed by atoms with Gasteiger partial charge >= 0.3 is 0 Å². The van der Waals surface area contributed by atoms with Crippen LogP contribution in [0.15, 0.2) is 59.5 Å². The summed E-state index contributed by atoms with van der Waals surface area (Å²) >= 11 is 1.59. The summed E-state index contributed by atoms with van der Waals surface area (Å²) in [6, 6.07) is 15.2. The molecule has 0 fully saturated rings. The van der Waals surface area contributed by atoms with Gasteiger partial charge in [-0.05, 0) is 11.6 Å². The highest BCUT2D eigenvalue weighted by Crippen LogP contribution is 2.22. The highest BCUT2D eigenvalue weighted by molar-refractivity contribution is 7.98. The first kappa shape index (κ1) is 17.5. The van der Waals surface area contributed by atoms with Gasteiger partial charge in [-0.15, -0.1) is 0 Å².